The molecule has 0 bridgehead atoms. The van der Waals surface area contributed by atoms with Crippen LogP contribution in [0, 0.1) is 0 Å². The Bertz CT molecular complexity index is 69.1. The van der Waals surface area contributed by atoms with Gasteiger partial charge in [0.15, 0.2) is 0 Å². The van der Waals surface area contributed by atoms with E-state index in [1.165, 1.54) is 0 Å². The van der Waals surface area contributed by atoms with Crippen LogP contribution < -0.4 is 0 Å². The molecule has 9 heavy (non-hydrogen) atoms. The van der Waals surface area contributed by atoms with Crippen molar-refractivity contribution in [2.24, 2.45) is 0 Å². The van der Waals surface area contributed by atoms with E-state index in [2.05, 4.69) is 0 Å². The third-order valence-corrected chi connectivity index (χ3v) is 0. The topological polar surface area (TPSA) is 115 Å². The molecule has 0 spiro atoms. The first-order valence-electron chi connectivity index (χ1n) is 1.06. The third kappa shape index (κ3) is 883. The van der Waals surface area contributed by atoms with Crippen LogP contribution in [0.4, 0.5) is 0 Å². The average Bonchev–Trinajstić information content (AvgIpc) is 1.25. The Hall–Kier alpha value is 0.659. The van der Waals surface area contributed by atoms with E-state index in [-0.39, 0.29) is 17.1 Å². The zero-order valence-corrected chi connectivity index (χ0v) is 6.51. The van der Waals surface area contributed by atoms with Gasteiger partial charge in [0.05, 0.1) is 0 Å². The van der Waals surface area contributed by atoms with Crippen molar-refractivity contribution in [3.8, 4) is 0 Å². The van der Waals surface area contributed by atoms with Gasteiger partial charge in [-0.15, -0.1) is 0 Å². The first-order chi connectivity index (χ1) is 3.46. The van der Waals surface area contributed by atoms with Gasteiger partial charge < -0.3 is 0 Å². The van der Waals surface area contributed by atoms with Gasteiger partial charge in [-0.25, -0.2) is 0 Å². The van der Waals surface area contributed by atoms with E-state index in [4.69, 9.17) is 26.6 Å². The van der Waals surface area contributed by atoms with E-state index in [1.807, 2.05) is 0 Å². The summed E-state index contributed by atoms with van der Waals surface area (Å²) < 4.78 is 45.7. The minimum absolute atomic E-state index is 0. The predicted molar refractivity (Wildman–Crippen MR) is 26.8 cm³/mol. The fourth-order valence-electron chi connectivity index (χ4n) is 0. The molecule has 60 valence electrons. The molecule has 0 rings (SSSR count). The molecule has 0 unspecified atom stereocenters. The Morgan fingerprint density at radius 2 is 0.778 bits per heavy atom. The van der Waals surface area contributed by atoms with Crippen LogP contribution in [0.25, 0.3) is 0 Å². The molecule has 0 aliphatic rings. The Kier molecular flexibility index (Phi) is 20.8. The van der Waals surface area contributed by atoms with Gasteiger partial charge in [0.25, 0.3) is 22.7 Å². The van der Waals surface area contributed by atoms with Gasteiger partial charge in [-0.2, -0.15) is 8.42 Å². The maximum absolute atomic E-state index is 8.67. The van der Waals surface area contributed by atoms with Crippen molar-refractivity contribution in [1.82, 2.24) is 0 Å². The van der Waals surface area contributed by atoms with Gasteiger partial charge >= 0.3 is 0 Å². The first-order valence-corrected chi connectivity index (χ1v) is 3.19. The Balaban J connectivity index is -0.0000000720. The average molecular weight is 220 g/mol. The van der Waals surface area contributed by atoms with Gasteiger partial charge in [0.2, 0.25) is 0 Å². The Morgan fingerprint density at radius 1 is 0.778 bits per heavy atom. The molecule has 0 radical (unpaired) electrons. The molecule has 0 aromatic carbocycles. The fraction of sp³-hybridized carbons (Fsp3) is 0. The van der Waals surface area contributed by atoms with Gasteiger partial charge in [0, 0.05) is 17.1 Å². The molecule has 0 aliphatic heterocycles. The van der Waals surface area contributed by atoms with Crippen LogP contribution in [0.15, 0.2) is 0 Å². The van der Waals surface area contributed by atoms with Crippen molar-refractivity contribution in [1.29, 1.82) is 0 Å². The zero-order valence-electron chi connectivity index (χ0n) is 3.78. The molecule has 0 heterocycles. The van der Waals surface area contributed by atoms with E-state index >= 15 is 0 Å². The van der Waals surface area contributed by atoms with Crippen molar-refractivity contribution in [3.05, 3.63) is 0 Å². The molecule has 0 saturated heterocycles. The smallest absolute Gasteiger partial charge is 0.284 e. The second kappa shape index (κ2) is 11.5. The van der Waals surface area contributed by atoms with Gasteiger partial charge in [-0.3, -0.25) is 18.2 Å². The summed E-state index contributed by atoms with van der Waals surface area (Å²) in [5.74, 6) is 0. The Labute approximate surface area is 66.7 Å². The summed E-state index contributed by atoms with van der Waals surface area (Å²) in [5, 5.41) is 0. The molecular formula is H4FeO6S2. The zero-order chi connectivity index (χ0) is 7.15. The minimum atomic E-state index is -2.61. The number of rotatable bonds is 0. The molecule has 0 saturated carbocycles. The SMILES string of the molecule is O=S(O)O.O=S(O)O.[Fe]. The maximum Gasteiger partial charge on any atom is 0.299 e. The Morgan fingerprint density at radius 3 is 0.778 bits per heavy atom. The van der Waals surface area contributed by atoms with E-state index in [0.29, 0.717) is 0 Å². The molecule has 0 aliphatic carbocycles. The monoisotopic (exact) mass is 220 g/mol. The molecule has 0 amide bonds. The maximum atomic E-state index is 8.67. The summed E-state index contributed by atoms with van der Waals surface area (Å²) in [5.41, 5.74) is 0. The van der Waals surface area contributed by atoms with Crippen LogP contribution in [-0.4, -0.2) is 26.6 Å². The van der Waals surface area contributed by atoms with Crippen molar-refractivity contribution >= 4 is 22.7 Å². The molecule has 0 atom stereocenters. The summed E-state index contributed by atoms with van der Waals surface area (Å²) in [7, 11) is 0. The van der Waals surface area contributed by atoms with Crippen LogP contribution in [0.2, 0.25) is 0 Å². The third-order valence-electron chi connectivity index (χ3n) is 0. The molecule has 6 nitrogen and oxygen atoms in total. The van der Waals surface area contributed by atoms with E-state index in [1.54, 1.807) is 0 Å². The van der Waals surface area contributed by atoms with Crippen LogP contribution >= 0.6 is 0 Å². The van der Waals surface area contributed by atoms with Crippen LogP contribution in [0.5, 0.6) is 0 Å². The molecule has 9 heteroatoms. The predicted octanol–water partition coefficient (Wildman–Crippen LogP) is -0.640. The number of hydrogen-bond donors (Lipinski definition) is 4. The normalized spacial score (nSPS) is 7.78. The fourth-order valence-corrected chi connectivity index (χ4v) is 0. The largest absolute Gasteiger partial charge is 0.299 e. The van der Waals surface area contributed by atoms with Crippen molar-refractivity contribution in [2.75, 3.05) is 0 Å². The van der Waals surface area contributed by atoms with E-state index < -0.39 is 22.7 Å². The van der Waals surface area contributed by atoms with Crippen molar-refractivity contribution in [2.45, 2.75) is 0 Å². The molecule has 0 aromatic heterocycles. The van der Waals surface area contributed by atoms with Crippen LogP contribution in [-0.2, 0) is 39.8 Å². The quantitative estimate of drug-likeness (QED) is 0.318. The van der Waals surface area contributed by atoms with E-state index in [0.717, 1.165) is 0 Å². The molecular weight excluding hydrogens is 216 g/mol. The van der Waals surface area contributed by atoms with Gasteiger partial charge in [0.1, 0.15) is 0 Å². The summed E-state index contributed by atoms with van der Waals surface area (Å²) in [6.45, 7) is 0. The second-order valence-corrected chi connectivity index (χ2v) is 1.38. The van der Waals surface area contributed by atoms with Gasteiger partial charge in [-0.05, 0) is 0 Å². The number of hydrogen-bond acceptors (Lipinski definition) is 2. The van der Waals surface area contributed by atoms with Crippen LogP contribution in [0.1, 0.15) is 0 Å². The first kappa shape index (κ1) is 16.3. The molecule has 0 aromatic rings. The minimum Gasteiger partial charge on any atom is -0.284 e. The summed E-state index contributed by atoms with van der Waals surface area (Å²) in [6, 6.07) is 0. The van der Waals surface area contributed by atoms with Crippen molar-refractivity contribution in [3.63, 3.8) is 0 Å². The van der Waals surface area contributed by atoms with Crippen molar-refractivity contribution < 1.29 is 43.7 Å². The van der Waals surface area contributed by atoms with Gasteiger partial charge in [-0.1, -0.05) is 0 Å². The van der Waals surface area contributed by atoms with E-state index in [9.17, 15) is 0 Å². The summed E-state index contributed by atoms with van der Waals surface area (Å²) in [4.78, 5) is 0. The second-order valence-electron chi connectivity index (χ2n) is 0.461. The summed E-state index contributed by atoms with van der Waals surface area (Å²) in [6.07, 6.45) is 0. The van der Waals surface area contributed by atoms with Crippen LogP contribution in [0.3, 0.4) is 0 Å². The summed E-state index contributed by atoms with van der Waals surface area (Å²) >= 11 is -5.22. The molecule has 4 N–H and O–H groups in total. The molecule has 0 fully saturated rings. The standard InChI is InChI=1S/Fe.2H2O3S/c;2*1-4(2)3/h;2*(H2,1,2,3).